The number of halogens is 1. The maximum atomic E-state index is 13.6. The second kappa shape index (κ2) is 10.5. The third kappa shape index (κ3) is 4.97. The van der Waals surface area contributed by atoms with Gasteiger partial charge in [-0.2, -0.15) is 9.49 Å². The summed E-state index contributed by atoms with van der Waals surface area (Å²) in [5.74, 6) is 0.726. The normalized spacial score (nSPS) is 15.5. The van der Waals surface area contributed by atoms with E-state index in [1.807, 2.05) is 24.5 Å². The Kier molecular flexibility index (Phi) is 6.74. The van der Waals surface area contributed by atoms with E-state index in [1.165, 1.54) is 24.5 Å². The van der Waals surface area contributed by atoms with Crippen LogP contribution in [0.3, 0.4) is 0 Å². The monoisotopic (exact) mass is 524 g/mol. The predicted molar refractivity (Wildman–Crippen MR) is 153 cm³/mol. The Labute approximate surface area is 224 Å². The summed E-state index contributed by atoms with van der Waals surface area (Å²) in [6.07, 6.45) is 15.1. The minimum absolute atomic E-state index is 0.215. The molecule has 5 aromatic rings. The summed E-state index contributed by atoms with van der Waals surface area (Å²) in [5, 5.41) is 13.5. The maximum absolute atomic E-state index is 13.6. The quantitative estimate of drug-likeness (QED) is 0.290. The first-order valence-electron chi connectivity index (χ1n) is 12.8. The van der Waals surface area contributed by atoms with Crippen molar-refractivity contribution in [2.75, 3.05) is 13.1 Å². The topological polar surface area (TPSA) is 82.3 Å². The smallest absolute Gasteiger partial charge is 0.176 e. The number of nitrogens with one attached hydrogen (secondary N) is 3. The predicted octanol–water partition coefficient (Wildman–Crippen LogP) is 5.05. The molecule has 0 saturated carbocycles. The van der Waals surface area contributed by atoms with Crippen molar-refractivity contribution in [3.05, 3.63) is 82.0 Å². The van der Waals surface area contributed by atoms with Crippen molar-refractivity contribution in [2.45, 2.75) is 26.2 Å². The highest BCUT2D eigenvalue weighted by Crippen LogP contribution is 2.34. The van der Waals surface area contributed by atoms with Crippen LogP contribution in [0.15, 0.2) is 55.1 Å². The van der Waals surface area contributed by atoms with Crippen LogP contribution in [-0.4, -0.2) is 38.2 Å². The third-order valence-corrected chi connectivity index (χ3v) is 8.18. The zero-order valence-electron chi connectivity index (χ0n) is 21.2. The number of hydrogen-bond acceptors (Lipinski definition) is 5. The van der Waals surface area contributed by atoms with Gasteiger partial charge in [0.2, 0.25) is 0 Å². The third-order valence-electron chi connectivity index (χ3n) is 7.27. The maximum Gasteiger partial charge on any atom is 0.176 e. The van der Waals surface area contributed by atoms with Crippen LogP contribution in [0.2, 0.25) is 0 Å². The molecule has 1 saturated heterocycles. The SMILES string of the molecule is C=c1c(-c2cc3c(-c4ccc(F)s4)cncc3[nH]2)n[nH]/c1=C/C=C(\C)c1cncc(CC2CCNCC2)c1. The van der Waals surface area contributed by atoms with Crippen LogP contribution in [0.5, 0.6) is 0 Å². The van der Waals surface area contributed by atoms with E-state index >= 15 is 0 Å². The first-order valence-corrected chi connectivity index (χ1v) is 13.7. The standard InChI is InChI=1S/C30H29FN6S/c1-18(22-12-21(14-33-15-22)11-20-7-9-32-10-8-20)3-4-25-19(2)30(37-36-25)26-13-23-24(16-34-17-27(23)35-26)28-5-6-29(31)38-28/h3-6,12-17,20,32,35-36H,2,7-11H2,1H3/b18-3+,25-4+. The van der Waals surface area contributed by atoms with Gasteiger partial charge in [0, 0.05) is 39.6 Å². The Bertz CT molecular complexity index is 1740. The molecule has 3 N–H and O–H groups in total. The number of piperidine rings is 1. The van der Waals surface area contributed by atoms with E-state index in [2.05, 4.69) is 56.1 Å². The van der Waals surface area contributed by atoms with Gasteiger partial charge < -0.3 is 10.3 Å². The molecule has 0 atom stereocenters. The molecule has 6 rings (SSSR count). The van der Waals surface area contributed by atoms with Crippen LogP contribution >= 0.6 is 11.3 Å². The van der Waals surface area contributed by atoms with Gasteiger partial charge >= 0.3 is 0 Å². The van der Waals surface area contributed by atoms with Crippen LogP contribution in [0, 0.1) is 11.0 Å². The Balaban J connectivity index is 1.27. The van der Waals surface area contributed by atoms with Crippen molar-refractivity contribution >= 4 is 40.5 Å². The molecule has 6 nitrogen and oxygen atoms in total. The fraction of sp³-hybridized carbons (Fsp3) is 0.233. The first kappa shape index (κ1) is 24.5. The molecular formula is C30H29FN6S. The number of nitrogens with zero attached hydrogens (tertiary/aromatic N) is 3. The molecule has 5 aromatic heterocycles. The summed E-state index contributed by atoms with van der Waals surface area (Å²) in [6, 6.07) is 7.55. The van der Waals surface area contributed by atoms with Gasteiger partial charge in [-0.15, -0.1) is 11.3 Å². The first-order chi connectivity index (χ1) is 18.5. The number of aromatic nitrogens is 5. The van der Waals surface area contributed by atoms with Gasteiger partial charge in [-0.3, -0.25) is 15.1 Å². The molecule has 8 heteroatoms. The summed E-state index contributed by atoms with van der Waals surface area (Å²) < 4.78 is 13.6. The number of H-pyrrole nitrogens is 2. The lowest BCUT2D eigenvalue weighted by molar-refractivity contribution is 0.372. The van der Waals surface area contributed by atoms with Crippen molar-refractivity contribution in [1.29, 1.82) is 0 Å². The molecule has 0 radical (unpaired) electrons. The van der Waals surface area contributed by atoms with Gasteiger partial charge in [-0.05, 0) is 92.2 Å². The van der Waals surface area contributed by atoms with E-state index in [4.69, 9.17) is 0 Å². The molecule has 1 aliphatic rings. The van der Waals surface area contributed by atoms with E-state index < -0.39 is 0 Å². The molecular weight excluding hydrogens is 495 g/mol. The molecule has 0 unspecified atom stereocenters. The summed E-state index contributed by atoms with van der Waals surface area (Å²) in [7, 11) is 0. The van der Waals surface area contributed by atoms with E-state index in [0.717, 1.165) is 91.2 Å². The Hall–Kier alpha value is -3.88. The highest BCUT2D eigenvalue weighted by Gasteiger charge is 2.15. The number of rotatable bonds is 6. The van der Waals surface area contributed by atoms with Crippen LogP contribution in [0.1, 0.15) is 30.9 Å². The minimum Gasteiger partial charge on any atom is -0.352 e. The number of allylic oxidation sites excluding steroid dienone is 2. The Morgan fingerprint density at radius 2 is 1.97 bits per heavy atom. The molecule has 0 aromatic carbocycles. The molecule has 0 spiro atoms. The van der Waals surface area contributed by atoms with E-state index in [-0.39, 0.29) is 5.13 Å². The highest BCUT2D eigenvalue weighted by atomic mass is 32.1. The van der Waals surface area contributed by atoms with Crippen molar-refractivity contribution in [3.63, 3.8) is 0 Å². The van der Waals surface area contributed by atoms with Crippen molar-refractivity contribution in [3.8, 4) is 21.8 Å². The van der Waals surface area contributed by atoms with Crippen LogP contribution in [0.25, 0.3) is 51.0 Å². The zero-order valence-corrected chi connectivity index (χ0v) is 22.0. The van der Waals surface area contributed by atoms with Gasteiger partial charge in [0.15, 0.2) is 5.13 Å². The average Bonchev–Trinajstić information content (AvgIpc) is 3.66. The Morgan fingerprint density at radius 1 is 1.13 bits per heavy atom. The van der Waals surface area contributed by atoms with Crippen molar-refractivity contribution in [1.82, 2.24) is 30.5 Å². The summed E-state index contributed by atoms with van der Waals surface area (Å²) in [4.78, 5) is 13.1. The number of aromatic amines is 2. The summed E-state index contributed by atoms with van der Waals surface area (Å²) in [6.45, 7) is 8.60. The molecule has 6 heterocycles. The number of fused-ring (bicyclic) bond motifs is 1. The highest BCUT2D eigenvalue weighted by molar-refractivity contribution is 7.14. The van der Waals surface area contributed by atoms with Crippen molar-refractivity contribution < 1.29 is 4.39 Å². The number of pyridine rings is 2. The lowest BCUT2D eigenvalue weighted by Crippen LogP contribution is -2.28. The second-order valence-corrected chi connectivity index (χ2v) is 10.9. The lowest BCUT2D eigenvalue weighted by Gasteiger charge is -2.22. The molecule has 38 heavy (non-hydrogen) atoms. The van der Waals surface area contributed by atoms with Gasteiger partial charge in [0.05, 0.1) is 22.8 Å². The van der Waals surface area contributed by atoms with Gasteiger partial charge in [-0.25, -0.2) is 0 Å². The fourth-order valence-corrected chi connectivity index (χ4v) is 5.87. The van der Waals surface area contributed by atoms with E-state index in [0.29, 0.717) is 0 Å². The summed E-state index contributed by atoms with van der Waals surface area (Å²) >= 11 is 1.11. The van der Waals surface area contributed by atoms with Crippen LogP contribution in [-0.2, 0) is 6.42 Å². The second-order valence-electron chi connectivity index (χ2n) is 9.90. The summed E-state index contributed by atoms with van der Waals surface area (Å²) in [5.41, 5.74) is 6.88. The zero-order chi connectivity index (χ0) is 26.1. The van der Waals surface area contributed by atoms with E-state index in [9.17, 15) is 4.39 Å². The Morgan fingerprint density at radius 3 is 2.79 bits per heavy atom. The minimum atomic E-state index is -0.215. The number of thiophene rings is 1. The average molecular weight is 525 g/mol. The largest absolute Gasteiger partial charge is 0.352 e. The molecule has 1 fully saturated rings. The molecule has 0 bridgehead atoms. The van der Waals surface area contributed by atoms with Crippen LogP contribution < -0.4 is 15.9 Å². The van der Waals surface area contributed by atoms with Crippen LogP contribution in [0.4, 0.5) is 4.39 Å². The van der Waals surface area contributed by atoms with Gasteiger partial charge in [0.1, 0.15) is 5.69 Å². The molecule has 192 valence electrons. The van der Waals surface area contributed by atoms with E-state index in [1.54, 1.807) is 18.5 Å². The van der Waals surface area contributed by atoms with Crippen molar-refractivity contribution in [2.24, 2.45) is 5.92 Å². The molecule has 1 aliphatic heterocycles. The molecule has 0 aliphatic carbocycles. The number of hydrogen-bond donors (Lipinski definition) is 3. The van der Waals surface area contributed by atoms with Gasteiger partial charge in [-0.1, -0.05) is 12.7 Å². The molecule has 0 amide bonds. The lowest BCUT2D eigenvalue weighted by atomic mass is 9.91. The fourth-order valence-electron chi connectivity index (χ4n) is 5.11. The van der Waals surface area contributed by atoms with Gasteiger partial charge in [0.25, 0.3) is 0 Å².